The summed E-state index contributed by atoms with van der Waals surface area (Å²) in [5.74, 6) is -0.219. The van der Waals surface area contributed by atoms with Crippen molar-refractivity contribution < 1.29 is 23.9 Å². The zero-order valence-corrected chi connectivity index (χ0v) is 15.6. The van der Waals surface area contributed by atoms with Gasteiger partial charge in [-0.15, -0.1) is 0 Å². The lowest BCUT2D eigenvalue weighted by molar-refractivity contribution is -0.679. The first-order valence-electron chi connectivity index (χ1n) is 8.62. The summed E-state index contributed by atoms with van der Waals surface area (Å²) in [4.78, 5) is 2.97. The fraction of sp³-hybridized carbons (Fsp3) is 0.526. The fourth-order valence-electron chi connectivity index (χ4n) is 5.11. The first-order chi connectivity index (χ1) is 12.8. The van der Waals surface area contributed by atoms with Crippen LogP contribution in [0.4, 0.5) is 0 Å². The second-order valence-corrected chi connectivity index (χ2v) is 7.31. The highest BCUT2D eigenvalue weighted by atomic mass is 16.8. The summed E-state index contributed by atoms with van der Waals surface area (Å²) in [5.41, 5.74) is 3.16. The molecule has 2 aliphatic heterocycles. The summed E-state index contributed by atoms with van der Waals surface area (Å²) in [5, 5.41) is 20.5. The van der Waals surface area contributed by atoms with E-state index >= 15 is 0 Å². The maximum Gasteiger partial charge on any atom is 0.344 e. The number of hydrogen-bond acceptors (Lipinski definition) is 7. The van der Waals surface area contributed by atoms with E-state index in [1.54, 1.807) is 25.3 Å². The highest BCUT2D eigenvalue weighted by Gasteiger charge is 3.04. The molecular weight excluding hydrogens is 348 g/mol. The van der Waals surface area contributed by atoms with Gasteiger partial charge in [0.15, 0.2) is 10.8 Å². The highest BCUT2D eigenvalue weighted by molar-refractivity contribution is 5.97. The Balaban J connectivity index is 2.02. The highest BCUT2D eigenvalue weighted by Crippen LogP contribution is 2.83. The number of nitrogens with two attached hydrogens (primary N) is 1. The lowest BCUT2D eigenvalue weighted by Gasteiger charge is -2.28. The fourth-order valence-corrected chi connectivity index (χ4v) is 5.11. The van der Waals surface area contributed by atoms with Crippen LogP contribution in [0.2, 0.25) is 0 Å². The lowest BCUT2D eigenvalue weighted by atomic mass is 9.84. The molecular formula is C19H21N4O4+. The number of benzene rings is 1. The Bertz CT molecular complexity index is 950. The Kier molecular flexibility index (Phi) is 3.34. The number of hydrogen-bond donors (Lipinski definition) is 2. The van der Waals surface area contributed by atoms with Crippen molar-refractivity contribution in [2.75, 3.05) is 20.8 Å². The van der Waals surface area contributed by atoms with Gasteiger partial charge in [0.05, 0.1) is 44.5 Å². The van der Waals surface area contributed by atoms with E-state index in [1.165, 1.54) is 7.11 Å². The summed E-state index contributed by atoms with van der Waals surface area (Å²) >= 11 is 0. The number of nitrogens with zero attached hydrogens (tertiary/aromatic N) is 2. The van der Waals surface area contributed by atoms with Gasteiger partial charge in [0, 0.05) is 5.56 Å². The van der Waals surface area contributed by atoms with E-state index in [1.807, 2.05) is 13.8 Å². The molecule has 1 aliphatic carbocycles. The summed E-state index contributed by atoms with van der Waals surface area (Å²) in [6.07, 6.45) is -0.248. The molecule has 3 N–H and O–H groups in total. The summed E-state index contributed by atoms with van der Waals surface area (Å²) in [6, 6.07) is 9.91. The third-order valence-corrected chi connectivity index (χ3v) is 6.37. The molecule has 0 bridgehead atoms. The average Bonchev–Trinajstić information content (AvgIpc) is 2.85. The number of amidine groups is 1. The summed E-state index contributed by atoms with van der Waals surface area (Å²) in [6.45, 7) is 3.95. The number of methoxy groups -OCH3 is 2. The van der Waals surface area contributed by atoms with Gasteiger partial charge in [-0.3, -0.25) is 5.73 Å². The number of rotatable bonds is 3. The van der Waals surface area contributed by atoms with E-state index in [2.05, 4.69) is 17.1 Å². The predicted molar refractivity (Wildman–Crippen MR) is 92.4 cm³/mol. The van der Waals surface area contributed by atoms with Gasteiger partial charge in [0.1, 0.15) is 11.5 Å². The van der Waals surface area contributed by atoms with E-state index in [-0.39, 0.29) is 18.5 Å². The molecule has 2 heterocycles. The van der Waals surface area contributed by atoms with Crippen molar-refractivity contribution in [3.05, 3.63) is 23.8 Å². The summed E-state index contributed by atoms with van der Waals surface area (Å²) in [7, 11) is 3.09. The van der Waals surface area contributed by atoms with Gasteiger partial charge in [-0.1, -0.05) is 6.92 Å². The smallest absolute Gasteiger partial charge is 0.344 e. The molecule has 1 aromatic rings. The van der Waals surface area contributed by atoms with Crippen molar-refractivity contribution in [2.24, 2.45) is 16.6 Å². The van der Waals surface area contributed by atoms with Gasteiger partial charge in [-0.2, -0.15) is 10.5 Å². The molecule has 0 unspecified atom stereocenters. The zero-order chi connectivity index (χ0) is 19.7. The number of nitriles is 2. The molecule has 8 nitrogen and oxygen atoms in total. The standard InChI is InChI=1S/C19H20N4O4/c1-11-8-26-19(27-11)18(10-21)16(2,17(18,9-20)15(22)23-19)13-7-12(24-3)5-6-14(13)25-4/h5-7,11H,8H2,1-4H3,(H2,22,23)/p+1/t11-,16+,17+,18-,19+/m1/s1. The van der Waals surface area contributed by atoms with Crippen LogP contribution >= 0.6 is 0 Å². The van der Waals surface area contributed by atoms with Gasteiger partial charge < -0.3 is 18.9 Å². The van der Waals surface area contributed by atoms with E-state index in [0.717, 1.165) is 0 Å². The van der Waals surface area contributed by atoms with Gasteiger partial charge in [0.25, 0.3) is 5.84 Å². The maximum absolute atomic E-state index is 10.3. The SMILES string of the molecule is COc1ccc(OC)c([C@@]2(C)[C@]3(C#N)C(N)=[NH+][C@]4(OC[C@@H](C)O4)[C@@]32C#N)c1. The van der Waals surface area contributed by atoms with Crippen molar-refractivity contribution >= 4 is 5.84 Å². The van der Waals surface area contributed by atoms with Crippen molar-refractivity contribution in [3.63, 3.8) is 0 Å². The number of nitrogens with one attached hydrogen (secondary N) is 1. The van der Waals surface area contributed by atoms with Gasteiger partial charge in [-0.25, -0.2) is 4.99 Å². The predicted octanol–water partition coefficient (Wildman–Crippen LogP) is -0.464. The molecule has 0 amide bonds. The van der Waals surface area contributed by atoms with Crippen LogP contribution in [-0.4, -0.2) is 38.7 Å². The molecule has 1 spiro atoms. The zero-order valence-electron chi connectivity index (χ0n) is 15.6. The third kappa shape index (κ3) is 1.54. The molecule has 27 heavy (non-hydrogen) atoms. The normalized spacial score (nSPS) is 41.4. The van der Waals surface area contributed by atoms with Crippen LogP contribution in [0.15, 0.2) is 18.2 Å². The topological polar surface area (TPSA) is 124 Å². The Morgan fingerprint density at radius 2 is 2.00 bits per heavy atom. The average molecular weight is 369 g/mol. The van der Waals surface area contributed by atoms with Crippen molar-refractivity contribution in [2.45, 2.75) is 31.3 Å². The van der Waals surface area contributed by atoms with Crippen LogP contribution in [0.25, 0.3) is 0 Å². The molecule has 5 atom stereocenters. The van der Waals surface area contributed by atoms with Crippen LogP contribution in [0.1, 0.15) is 19.4 Å². The number of ether oxygens (including phenoxy) is 4. The Hall–Kier alpha value is -2.81. The van der Waals surface area contributed by atoms with Crippen LogP contribution in [0.3, 0.4) is 0 Å². The molecule has 0 radical (unpaired) electrons. The monoisotopic (exact) mass is 369 g/mol. The van der Waals surface area contributed by atoms with E-state index in [9.17, 15) is 10.5 Å². The Morgan fingerprint density at radius 1 is 1.26 bits per heavy atom. The van der Waals surface area contributed by atoms with Gasteiger partial charge in [0.2, 0.25) is 0 Å². The van der Waals surface area contributed by atoms with Crippen LogP contribution < -0.4 is 20.2 Å². The van der Waals surface area contributed by atoms with Crippen molar-refractivity contribution in [1.82, 2.24) is 0 Å². The third-order valence-electron chi connectivity index (χ3n) is 6.37. The first-order valence-corrected chi connectivity index (χ1v) is 8.62. The molecule has 1 saturated carbocycles. The van der Waals surface area contributed by atoms with Crippen LogP contribution in [-0.2, 0) is 14.9 Å². The molecule has 1 saturated heterocycles. The maximum atomic E-state index is 10.3. The molecule has 4 rings (SSSR count). The van der Waals surface area contributed by atoms with Gasteiger partial charge >= 0.3 is 5.91 Å². The van der Waals surface area contributed by atoms with Crippen molar-refractivity contribution in [3.8, 4) is 23.6 Å². The van der Waals surface area contributed by atoms with E-state index in [4.69, 9.17) is 24.7 Å². The minimum Gasteiger partial charge on any atom is -0.497 e. The minimum absolute atomic E-state index is 0.160. The lowest BCUT2D eigenvalue weighted by Crippen LogP contribution is -2.90. The first kappa shape index (κ1) is 17.6. The molecule has 8 heteroatoms. The summed E-state index contributed by atoms with van der Waals surface area (Å²) < 4.78 is 22.8. The van der Waals surface area contributed by atoms with Crippen LogP contribution in [0, 0.1) is 33.5 Å². The number of fused-ring (bicyclic) bond motifs is 2. The Labute approximate surface area is 157 Å². The second-order valence-electron chi connectivity index (χ2n) is 7.31. The molecule has 2 fully saturated rings. The molecule has 3 aliphatic rings. The second kappa shape index (κ2) is 5.13. The quantitative estimate of drug-likeness (QED) is 0.738. The molecule has 140 valence electrons. The van der Waals surface area contributed by atoms with E-state index in [0.29, 0.717) is 17.1 Å². The molecule has 1 aromatic carbocycles. The largest absolute Gasteiger partial charge is 0.497 e. The minimum atomic E-state index is -1.50. The Morgan fingerprint density at radius 3 is 2.52 bits per heavy atom. The van der Waals surface area contributed by atoms with Crippen molar-refractivity contribution in [1.29, 1.82) is 10.5 Å². The van der Waals surface area contributed by atoms with E-state index < -0.39 is 22.2 Å². The van der Waals surface area contributed by atoms with Crippen LogP contribution in [0.5, 0.6) is 11.5 Å². The molecule has 0 aromatic heterocycles. The van der Waals surface area contributed by atoms with Gasteiger partial charge in [-0.05, 0) is 25.1 Å².